The lowest BCUT2D eigenvalue weighted by atomic mass is 9.94. The van der Waals surface area contributed by atoms with Crippen LogP contribution in [-0.2, 0) is 4.79 Å². The Morgan fingerprint density at radius 3 is 2.45 bits per heavy atom. The lowest BCUT2D eigenvalue weighted by Crippen LogP contribution is -2.38. The summed E-state index contributed by atoms with van der Waals surface area (Å²) in [7, 11) is 2.85. The number of hydrogen-bond donors (Lipinski definition) is 3. The first-order valence-electron chi connectivity index (χ1n) is 11.9. The third-order valence-electron chi connectivity index (χ3n) is 6.24. The van der Waals surface area contributed by atoms with E-state index in [2.05, 4.69) is 10.4 Å². The van der Waals surface area contributed by atoms with E-state index in [1.165, 1.54) is 38.5 Å². The number of aliphatic carboxylic acids is 1. The molecule has 3 N–H and O–H groups in total. The van der Waals surface area contributed by atoms with Crippen molar-refractivity contribution in [2.24, 2.45) is 5.92 Å². The number of carboxylic acids is 1. The number of amides is 1. The maximum Gasteiger partial charge on any atom is 0.305 e. The standard InChI is InChI=1S/C27H32FN3O7/c1-16(2)27(3,35)15-38-23-13-20(30-31(23)21-11-7-6-10-18(21)28)26(34)29-19(14-24(32)33)17-9-8-12-22(36-4)25(17)37-5/h6-13,16,19,35H,14-15H2,1-5H3,(H,29,34)(H,32,33)/t19-,27-/m0/s1. The van der Waals surface area contributed by atoms with Crippen LogP contribution in [0.5, 0.6) is 17.4 Å². The second kappa shape index (κ2) is 12.0. The largest absolute Gasteiger partial charge is 0.493 e. The normalized spacial score (nSPS) is 13.5. The monoisotopic (exact) mass is 529 g/mol. The quantitative estimate of drug-likeness (QED) is 0.323. The predicted octanol–water partition coefficient (Wildman–Crippen LogP) is 3.76. The molecule has 11 heteroatoms. The van der Waals surface area contributed by atoms with Gasteiger partial charge in [-0.2, -0.15) is 9.78 Å². The van der Waals surface area contributed by atoms with Gasteiger partial charge >= 0.3 is 5.97 Å². The highest BCUT2D eigenvalue weighted by molar-refractivity contribution is 5.93. The van der Waals surface area contributed by atoms with Gasteiger partial charge in [-0.3, -0.25) is 9.59 Å². The van der Waals surface area contributed by atoms with Crippen LogP contribution >= 0.6 is 0 Å². The zero-order valence-corrected chi connectivity index (χ0v) is 21.9. The molecule has 0 aliphatic heterocycles. The molecule has 0 fully saturated rings. The van der Waals surface area contributed by atoms with Crippen molar-refractivity contribution >= 4 is 11.9 Å². The number of rotatable bonds is 12. The highest BCUT2D eigenvalue weighted by atomic mass is 19.1. The number of aliphatic hydroxyl groups is 1. The number of benzene rings is 2. The minimum absolute atomic E-state index is 0.0231. The first kappa shape index (κ1) is 28.5. The molecule has 1 amide bonds. The predicted molar refractivity (Wildman–Crippen MR) is 136 cm³/mol. The van der Waals surface area contributed by atoms with Crippen LogP contribution in [0, 0.1) is 11.7 Å². The average molecular weight is 530 g/mol. The molecule has 204 valence electrons. The van der Waals surface area contributed by atoms with Gasteiger partial charge in [-0.1, -0.05) is 38.1 Å². The van der Waals surface area contributed by atoms with Gasteiger partial charge in [-0.15, -0.1) is 0 Å². The number of methoxy groups -OCH3 is 2. The van der Waals surface area contributed by atoms with E-state index in [-0.39, 0.29) is 35.5 Å². The maximum atomic E-state index is 14.6. The number of nitrogens with one attached hydrogen (secondary N) is 1. The molecule has 10 nitrogen and oxygen atoms in total. The summed E-state index contributed by atoms with van der Waals surface area (Å²) in [5, 5.41) is 27.0. The van der Waals surface area contributed by atoms with Gasteiger partial charge in [-0.05, 0) is 31.0 Å². The van der Waals surface area contributed by atoms with Crippen molar-refractivity contribution in [3.63, 3.8) is 0 Å². The summed E-state index contributed by atoms with van der Waals surface area (Å²) in [5.74, 6) is -1.97. The number of para-hydroxylation sites is 2. The highest BCUT2D eigenvalue weighted by Gasteiger charge is 2.29. The van der Waals surface area contributed by atoms with E-state index >= 15 is 0 Å². The van der Waals surface area contributed by atoms with Crippen LogP contribution in [-0.4, -0.2) is 58.3 Å². The first-order chi connectivity index (χ1) is 18.0. The van der Waals surface area contributed by atoms with Gasteiger partial charge < -0.3 is 29.7 Å². The SMILES string of the molecule is COc1cccc([C@H](CC(=O)O)NC(=O)c2cc(OC[C@](C)(O)C(C)C)n(-c3ccccc3F)n2)c1OC. The van der Waals surface area contributed by atoms with Gasteiger partial charge in [-0.25, -0.2) is 4.39 Å². The van der Waals surface area contributed by atoms with Crippen LogP contribution in [0.15, 0.2) is 48.5 Å². The number of halogens is 1. The van der Waals surface area contributed by atoms with Crippen molar-refractivity contribution in [3.8, 4) is 23.1 Å². The number of carbonyl (C=O) groups excluding carboxylic acids is 1. The van der Waals surface area contributed by atoms with E-state index in [1.54, 1.807) is 31.2 Å². The number of carboxylic acid groups (broad SMARTS) is 1. The molecule has 3 rings (SSSR count). The molecule has 0 bridgehead atoms. The van der Waals surface area contributed by atoms with Gasteiger partial charge in [0.25, 0.3) is 5.91 Å². The number of nitrogens with zero attached hydrogens (tertiary/aromatic N) is 2. The molecule has 0 saturated heterocycles. The van der Waals surface area contributed by atoms with Crippen LogP contribution in [0.4, 0.5) is 4.39 Å². The van der Waals surface area contributed by atoms with Crippen LogP contribution in [0.3, 0.4) is 0 Å². The minimum atomic E-state index is -1.21. The lowest BCUT2D eigenvalue weighted by molar-refractivity contribution is -0.137. The van der Waals surface area contributed by atoms with E-state index in [4.69, 9.17) is 14.2 Å². The number of carbonyl (C=O) groups is 2. The van der Waals surface area contributed by atoms with Crippen molar-refractivity contribution in [3.05, 3.63) is 65.6 Å². The summed E-state index contributed by atoms with van der Waals surface area (Å²) >= 11 is 0. The number of ether oxygens (including phenoxy) is 3. The van der Waals surface area contributed by atoms with E-state index in [1.807, 2.05) is 13.8 Å². The van der Waals surface area contributed by atoms with Crippen molar-refractivity contribution in [1.82, 2.24) is 15.1 Å². The van der Waals surface area contributed by atoms with Gasteiger partial charge in [0.1, 0.15) is 18.1 Å². The molecule has 2 aromatic carbocycles. The summed E-state index contributed by atoms with van der Waals surface area (Å²) in [6, 6.07) is 11.0. The van der Waals surface area contributed by atoms with E-state index in [9.17, 15) is 24.2 Å². The smallest absolute Gasteiger partial charge is 0.305 e. The van der Waals surface area contributed by atoms with E-state index < -0.39 is 35.8 Å². The van der Waals surface area contributed by atoms with Crippen LogP contribution in [0.2, 0.25) is 0 Å². The molecule has 0 radical (unpaired) electrons. The molecular formula is C27H32FN3O7. The Bertz CT molecular complexity index is 1290. The van der Waals surface area contributed by atoms with E-state index in [0.29, 0.717) is 11.3 Å². The fourth-order valence-corrected chi connectivity index (χ4v) is 3.59. The summed E-state index contributed by atoms with van der Waals surface area (Å²) < 4.78 is 32.3. The first-order valence-corrected chi connectivity index (χ1v) is 11.9. The summed E-state index contributed by atoms with van der Waals surface area (Å²) in [4.78, 5) is 24.9. The molecule has 0 aliphatic rings. The van der Waals surface area contributed by atoms with Gasteiger partial charge in [0.05, 0.1) is 32.3 Å². The minimum Gasteiger partial charge on any atom is -0.493 e. The summed E-state index contributed by atoms with van der Waals surface area (Å²) in [5.41, 5.74) is -0.935. The Kier molecular flexibility index (Phi) is 8.95. The molecule has 0 unspecified atom stereocenters. The Labute approximate surface area is 219 Å². The van der Waals surface area contributed by atoms with Gasteiger partial charge in [0, 0.05) is 11.6 Å². The highest BCUT2D eigenvalue weighted by Crippen LogP contribution is 2.36. The summed E-state index contributed by atoms with van der Waals surface area (Å²) in [6.07, 6.45) is -0.454. The molecule has 2 atom stereocenters. The van der Waals surface area contributed by atoms with Crippen LogP contribution < -0.4 is 19.5 Å². The molecule has 1 heterocycles. The molecule has 38 heavy (non-hydrogen) atoms. The Balaban J connectivity index is 2.00. The Hall–Kier alpha value is -4.12. The Morgan fingerprint density at radius 1 is 1.13 bits per heavy atom. The number of aromatic nitrogens is 2. The fraction of sp³-hybridized carbons (Fsp3) is 0.370. The molecule has 3 aromatic rings. The zero-order chi connectivity index (χ0) is 28.0. The fourth-order valence-electron chi connectivity index (χ4n) is 3.59. The van der Waals surface area contributed by atoms with Crippen molar-refractivity contribution in [2.45, 2.75) is 38.8 Å². The van der Waals surface area contributed by atoms with Gasteiger partial charge in [0.2, 0.25) is 5.88 Å². The summed E-state index contributed by atoms with van der Waals surface area (Å²) in [6.45, 7) is 5.11. The van der Waals surface area contributed by atoms with Gasteiger partial charge in [0.15, 0.2) is 17.2 Å². The third-order valence-corrected chi connectivity index (χ3v) is 6.24. The third kappa shape index (κ3) is 6.41. The average Bonchev–Trinajstić information content (AvgIpc) is 3.30. The maximum absolute atomic E-state index is 14.6. The topological polar surface area (TPSA) is 132 Å². The second-order valence-electron chi connectivity index (χ2n) is 9.24. The zero-order valence-electron chi connectivity index (χ0n) is 21.9. The molecule has 0 aliphatic carbocycles. The molecule has 0 saturated carbocycles. The van der Waals surface area contributed by atoms with Crippen LogP contribution in [0.25, 0.3) is 5.69 Å². The molecule has 0 spiro atoms. The van der Waals surface area contributed by atoms with Crippen molar-refractivity contribution in [2.75, 3.05) is 20.8 Å². The molecule has 1 aromatic heterocycles. The second-order valence-corrected chi connectivity index (χ2v) is 9.24. The van der Waals surface area contributed by atoms with Crippen molar-refractivity contribution < 1.29 is 38.4 Å². The number of hydrogen-bond acceptors (Lipinski definition) is 7. The van der Waals surface area contributed by atoms with Crippen LogP contribution in [0.1, 0.15) is 49.3 Å². The van der Waals surface area contributed by atoms with Crippen molar-refractivity contribution in [1.29, 1.82) is 0 Å². The molecular weight excluding hydrogens is 497 g/mol. The Morgan fingerprint density at radius 2 is 1.84 bits per heavy atom. The van der Waals surface area contributed by atoms with E-state index in [0.717, 1.165) is 4.68 Å². The lowest BCUT2D eigenvalue weighted by Gasteiger charge is -2.27.